The molecule has 0 amide bonds. The summed E-state index contributed by atoms with van der Waals surface area (Å²) in [6.07, 6.45) is 0.180. The van der Waals surface area contributed by atoms with Crippen LogP contribution in [0.4, 0.5) is 0 Å². The quantitative estimate of drug-likeness (QED) is 0.408. The predicted octanol–water partition coefficient (Wildman–Crippen LogP) is 1.02. The van der Waals surface area contributed by atoms with E-state index >= 15 is 0 Å². The van der Waals surface area contributed by atoms with Crippen LogP contribution >= 0.6 is 0 Å². The maximum absolute atomic E-state index is 5.84. The molecule has 1 aromatic carbocycles. The third-order valence-corrected chi connectivity index (χ3v) is 4.28. The second-order valence-electron chi connectivity index (χ2n) is 6.51. The van der Waals surface area contributed by atoms with Gasteiger partial charge in [-0.05, 0) is 25.6 Å². The Hall–Kier alpha value is -1.83. The van der Waals surface area contributed by atoms with Crippen molar-refractivity contribution >= 4 is 5.96 Å². The summed E-state index contributed by atoms with van der Waals surface area (Å²) in [5, 5.41) is 6.68. The zero-order valence-corrected chi connectivity index (χ0v) is 16.4. The number of nitrogens with one attached hydrogen (secondary N) is 2. The third kappa shape index (κ3) is 6.82. The first-order chi connectivity index (χ1) is 12.6. The number of likely N-dealkylation sites (N-methyl/N-ethyl adjacent to an activating group) is 1. The monoisotopic (exact) mass is 364 g/mol. The van der Waals surface area contributed by atoms with Crippen LogP contribution in [-0.2, 0) is 16.0 Å². The Morgan fingerprint density at radius 3 is 2.92 bits per heavy atom. The average Bonchev–Trinajstić information content (AvgIpc) is 2.63. The van der Waals surface area contributed by atoms with Crippen LogP contribution in [0.25, 0.3) is 0 Å². The molecule has 1 unspecified atom stereocenters. The second kappa shape index (κ2) is 11.0. The summed E-state index contributed by atoms with van der Waals surface area (Å²) in [4.78, 5) is 6.57. The molecule has 1 atom stereocenters. The topological polar surface area (TPSA) is 67.4 Å². The lowest BCUT2D eigenvalue weighted by Crippen LogP contribution is -2.48. The van der Waals surface area contributed by atoms with Crippen molar-refractivity contribution in [3.63, 3.8) is 0 Å². The number of guanidine groups is 1. The highest BCUT2D eigenvalue weighted by Crippen LogP contribution is 2.20. The first kappa shape index (κ1) is 20.5. The van der Waals surface area contributed by atoms with Crippen molar-refractivity contribution in [3.8, 4) is 5.75 Å². The largest absolute Gasteiger partial charge is 0.491 e. The molecule has 1 aliphatic heterocycles. The fourth-order valence-electron chi connectivity index (χ4n) is 2.78. The van der Waals surface area contributed by atoms with Gasteiger partial charge in [0.1, 0.15) is 12.4 Å². The summed E-state index contributed by atoms with van der Waals surface area (Å²) in [5.41, 5.74) is 2.26. The fourth-order valence-corrected chi connectivity index (χ4v) is 2.78. The van der Waals surface area contributed by atoms with Gasteiger partial charge in [0.25, 0.3) is 0 Å². The van der Waals surface area contributed by atoms with Gasteiger partial charge in [0.05, 0.1) is 19.3 Å². The van der Waals surface area contributed by atoms with Crippen molar-refractivity contribution in [1.82, 2.24) is 15.5 Å². The minimum atomic E-state index is 0.180. The zero-order valence-electron chi connectivity index (χ0n) is 16.4. The van der Waals surface area contributed by atoms with E-state index in [1.54, 1.807) is 14.2 Å². The molecule has 0 spiro atoms. The van der Waals surface area contributed by atoms with E-state index in [-0.39, 0.29) is 6.10 Å². The van der Waals surface area contributed by atoms with E-state index in [0.717, 1.165) is 43.5 Å². The standard InChI is InChI=1S/C19H32N4O3/c1-15-5-6-16(18(11-15)26-10-9-24-4)12-21-19(20-2)22-13-17-14-23(3)7-8-25-17/h5-6,11,17H,7-10,12-14H2,1-4H3,(H2,20,21,22). The predicted molar refractivity (Wildman–Crippen MR) is 104 cm³/mol. The smallest absolute Gasteiger partial charge is 0.191 e. The van der Waals surface area contributed by atoms with E-state index in [1.165, 1.54) is 5.56 Å². The Balaban J connectivity index is 1.85. The van der Waals surface area contributed by atoms with Gasteiger partial charge in [0, 0.05) is 45.9 Å². The Morgan fingerprint density at radius 2 is 2.19 bits per heavy atom. The third-order valence-electron chi connectivity index (χ3n) is 4.28. The molecule has 146 valence electrons. The van der Waals surface area contributed by atoms with Crippen molar-refractivity contribution in [3.05, 3.63) is 29.3 Å². The molecule has 7 heteroatoms. The van der Waals surface area contributed by atoms with Crippen LogP contribution in [0, 0.1) is 6.92 Å². The Bertz CT molecular complexity index is 580. The highest BCUT2D eigenvalue weighted by atomic mass is 16.5. The number of morpholine rings is 1. The second-order valence-corrected chi connectivity index (χ2v) is 6.51. The van der Waals surface area contributed by atoms with Crippen LogP contribution < -0.4 is 15.4 Å². The van der Waals surface area contributed by atoms with Gasteiger partial charge in [-0.3, -0.25) is 4.99 Å². The molecule has 0 radical (unpaired) electrons. The van der Waals surface area contributed by atoms with Crippen LogP contribution in [0.15, 0.2) is 23.2 Å². The van der Waals surface area contributed by atoms with E-state index in [1.807, 2.05) is 0 Å². The first-order valence-electron chi connectivity index (χ1n) is 9.08. The van der Waals surface area contributed by atoms with Crippen molar-refractivity contribution < 1.29 is 14.2 Å². The van der Waals surface area contributed by atoms with Gasteiger partial charge in [-0.25, -0.2) is 0 Å². The van der Waals surface area contributed by atoms with Gasteiger partial charge in [-0.1, -0.05) is 12.1 Å². The molecule has 0 bridgehead atoms. The van der Waals surface area contributed by atoms with E-state index in [9.17, 15) is 0 Å². The normalized spacial score (nSPS) is 18.6. The summed E-state index contributed by atoms with van der Waals surface area (Å²) in [6, 6.07) is 6.22. The van der Waals surface area contributed by atoms with Crippen molar-refractivity contribution in [1.29, 1.82) is 0 Å². The number of hydrogen-bond donors (Lipinski definition) is 2. The van der Waals surface area contributed by atoms with Gasteiger partial charge in [-0.15, -0.1) is 0 Å². The van der Waals surface area contributed by atoms with E-state index < -0.39 is 0 Å². The molecule has 2 rings (SSSR count). The van der Waals surface area contributed by atoms with Gasteiger partial charge < -0.3 is 29.7 Å². The molecule has 1 aromatic rings. The Kier molecular flexibility index (Phi) is 8.67. The first-order valence-corrected chi connectivity index (χ1v) is 9.08. The van der Waals surface area contributed by atoms with E-state index in [2.05, 4.69) is 52.7 Å². The molecule has 7 nitrogen and oxygen atoms in total. The molecule has 1 aliphatic rings. The van der Waals surface area contributed by atoms with Crippen molar-refractivity contribution in [2.24, 2.45) is 4.99 Å². The SMILES string of the molecule is CN=C(NCc1ccc(C)cc1OCCOC)NCC1CN(C)CCO1. The number of benzene rings is 1. The lowest BCUT2D eigenvalue weighted by Gasteiger charge is -2.30. The zero-order chi connectivity index (χ0) is 18.8. The average molecular weight is 364 g/mol. The van der Waals surface area contributed by atoms with E-state index in [4.69, 9.17) is 14.2 Å². The summed E-state index contributed by atoms with van der Waals surface area (Å²) in [6.45, 7) is 7.22. The molecule has 1 fully saturated rings. The highest BCUT2D eigenvalue weighted by molar-refractivity contribution is 5.79. The van der Waals surface area contributed by atoms with Crippen LogP contribution in [0.3, 0.4) is 0 Å². The van der Waals surface area contributed by atoms with E-state index in [0.29, 0.717) is 19.8 Å². The minimum absolute atomic E-state index is 0.180. The Morgan fingerprint density at radius 1 is 1.35 bits per heavy atom. The number of ether oxygens (including phenoxy) is 3. The molecule has 0 aromatic heterocycles. The van der Waals surface area contributed by atoms with Crippen molar-refractivity contribution in [2.45, 2.75) is 19.6 Å². The summed E-state index contributed by atoms with van der Waals surface area (Å²) in [5.74, 6) is 1.63. The van der Waals surface area contributed by atoms with Gasteiger partial charge in [0.15, 0.2) is 5.96 Å². The van der Waals surface area contributed by atoms with Gasteiger partial charge >= 0.3 is 0 Å². The van der Waals surface area contributed by atoms with Crippen LogP contribution in [0.1, 0.15) is 11.1 Å². The number of hydrogen-bond acceptors (Lipinski definition) is 5. The van der Waals surface area contributed by atoms with Crippen LogP contribution in [-0.4, -0.2) is 77.6 Å². The molecule has 26 heavy (non-hydrogen) atoms. The maximum atomic E-state index is 5.84. The molecule has 2 N–H and O–H groups in total. The lowest BCUT2D eigenvalue weighted by molar-refractivity contribution is -0.0161. The van der Waals surface area contributed by atoms with Crippen molar-refractivity contribution in [2.75, 3.05) is 60.7 Å². The summed E-state index contributed by atoms with van der Waals surface area (Å²) < 4.78 is 16.7. The molecular weight excluding hydrogens is 332 g/mol. The molecule has 1 saturated heterocycles. The number of methoxy groups -OCH3 is 1. The van der Waals surface area contributed by atoms with Crippen LogP contribution in [0.5, 0.6) is 5.75 Å². The summed E-state index contributed by atoms with van der Waals surface area (Å²) in [7, 11) is 5.56. The summed E-state index contributed by atoms with van der Waals surface area (Å²) >= 11 is 0. The minimum Gasteiger partial charge on any atom is -0.491 e. The number of aliphatic imine (C=N–C) groups is 1. The van der Waals surface area contributed by atoms with Gasteiger partial charge in [-0.2, -0.15) is 0 Å². The molecule has 1 heterocycles. The highest BCUT2D eigenvalue weighted by Gasteiger charge is 2.17. The molecule has 0 aliphatic carbocycles. The number of nitrogens with zero attached hydrogens (tertiary/aromatic N) is 2. The fraction of sp³-hybridized carbons (Fsp3) is 0.632. The molecular formula is C19H32N4O3. The number of rotatable bonds is 8. The van der Waals surface area contributed by atoms with Gasteiger partial charge in [0.2, 0.25) is 0 Å². The lowest BCUT2D eigenvalue weighted by atomic mass is 10.1. The maximum Gasteiger partial charge on any atom is 0.191 e. The number of aryl methyl sites for hydroxylation is 1. The van der Waals surface area contributed by atoms with Crippen LogP contribution in [0.2, 0.25) is 0 Å². The Labute approximate surface area is 156 Å². The molecule has 0 saturated carbocycles.